The molecule has 0 aromatic heterocycles. The molecule has 1 unspecified atom stereocenters. The quantitative estimate of drug-likeness (QED) is 0.267. The van der Waals surface area contributed by atoms with Crippen LogP contribution in [0.1, 0.15) is 0 Å². The van der Waals surface area contributed by atoms with Crippen LogP contribution in [0.4, 0.5) is 23.2 Å². The monoisotopic (exact) mass is 415 g/mol. The van der Waals surface area contributed by atoms with E-state index in [1.54, 1.807) is 0 Å². The molecule has 9 heteroatoms. The highest BCUT2D eigenvalue weighted by Crippen LogP contribution is 2.33. The van der Waals surface area contributed by atoms with Crippen molar-refractivity contribution in [1.82, 2.24) is 0 Å². The van der Waals surface area contributed by atoms with Crippen LogP contribution < -0.4 is 9.96 Å². The molecule has 4 nitrogen and oxygen atoms in total. The average molecular weight is 415 g/mol. The Labute approximate surface area is 129 Å². The highest BCUT2D eigenvalue weighted by atomic mass is 127. The van der Waals surface area contributed by atoms with Crippen molar-refractivity contribution in [1.29, 1.82) is 0 Å². The van der Waals surface area contributed by atoms with Gasteiger partial charge in [-0.15, -0.1) is 0 Å². The zero-order chi connectivity index (χ0) is 15.7. The molecule has 21 heavy (non-hydrogen) atoms. The van der Waals surface area contributed by atoms with Crippen molar-refractivity contribution >= 4 is 28.3 Å². The van der Waals surface area contributed by atoms with E-state index in [-0.39, 0.29) is 11.4 Å². The summed E-state index contributed by atoms with van der Waals surface area (Å²) in [6.07, 6.45) is 0. The van der Waals surface area contributed by atoms with Crippen LogP contribution in [0.25, 0.3) is 0 Å². The first-order chi connectivity index (χ1) is 9.82. The van der Waals surface area contributed by atoms with Crippen molar-refractivity contribution in [2.75, 3.05) is 0 Å². The van der Waals surface area contributed by atoms with Gasteiger partial charge in [0.25, 0.3) is 0 Å². The maximum absolute atomic E-state index is 13.6. The van der Waals surface area contributed by atoms with Gasteiger partial charge in [0.1, 0.15) is 5.75 Å². The van der Waals surface area contributed by atoms with E-state index in [1.165, 1.54) is 0 Å². The van der Waals surface area contributed by atoms with Crippen molar-refractivity contribution < 1.29 is 32.7 Å². The van der Waals surface area contributed by atoms with E-state index >= 15 is 0 Å². The predicted molar refractivity (Wildman–Crippen MR) is 71.3 cm³/mol. The molecule has 1 atom stereocenters. The minimum Gasteiger partial charge on any atom is -0.595 e. The molecule has 0 amide bonds. The summed E-state index contributed by atoms with van der Waals surface area (Å²) < 4.78 is 57.8. The van der Waals surface area contributed by atoms with Crippen molar-refractivity contribution in [3.8, 4) is 11.5 Å². The Hall–Kier alpha value is -1.43. The smallest absolute Gasteiger partial charge is 0.205 e. The lowest BCUT2D eigenvalue weighted by molar-refractivity contribution is -0.991. The topological polar surface area (TPSA) is 57.0 Å². The Morgan fingerprint density at radius 2 is 1.43 bits per heavy atom. The molecule has 0 aliphatic carbocycles. The van der Waals surface area contributed by atoms with E-state index in [2.05, 4.69) is 0 Å². The van der Waals surface area contributed by atoms with Gasteiger partial charge in [-0.05, 0) is 34.7 Å². The minimum atomic E-state index is -1.67. The first-order valence-electron chi connectivity index (χ1n) is 5.35. The Balaban J connectivity index is 2.40. The van der Waals surface area contributed by atoms with Crippen LogP contribution in [0, 0.1) is 32.0 Å². The van der Waals surface area contributed by atoms with Crippen molar-refractivity contribution in [2.45, 2.75) is 0 Å². The summed E-state index contributed by atoms with van der Waals surface area (Å²) in [6, 6.07) is 4.45. The molecular formula is C12H6F4INO3. The number of nitrogens with one attached hydrogen (secondary N) is 1. The van der Waals surface area contributed by atoms with Crippen LogP contribution in [0.2, 0.25) is 0 Å². The summed E-state index contributed by atoms with van der Waals surface area (Å²) in [5.74, 6) is -7.86. The predicted octanol–water partition coefficient (Wildman–Crippen LogP) is 3.04. The molecule has 2 rings (SSSR count). The highest BCUT2D eigenvalue weighted by Gasteiger charge is 2.25. The van der Waals surface area contributed by atoms with Gasteiger partial charge >= 0.3 is 0 Å². The minimum absolute atomic E-state index is 0.0803. The second kappa shape index (κ2) is 6.13. The van der Waals surface area contributed by atoms with E-state index in [0.29, 0.717) is 0 Å². The fraction of sp³-hybridized carbons (Fsp3) is 0. The molecular weight excluding hydrogens is 409 g/mol. The van der Waals surface area contributed by atoms with Gasteiger partial charge in [0, 0.05) is 12.1 Å². The molecule has 0 saturated carbocycles. The van der Waals surface area contributed by atoms with E-state index < -0.39 is 37.8 Å². The van der Waals surface area contributed by atoms with Crippen LogP contribution in [-0.2, 0) is 0 Å². The fourth-order valence-corrected chi connectivity index (χ4v) is 1.93. The first kappa shape index (κ1) is 15.9. The number of hydrogen-bond donors (Lipinski definition) is 2. The van der Waals surface area contributed by atoms with Gasteiger partial charge in [-0.1, -0.05) is 0 Å². The van der Waals surface area contributed by atoms with E-state index in [0.717, 1.165) is 46.9 Å². The molecule has 2 N–H and O–H groups in total. The van der Waals surface area contributed by atoms with Gasteiger partial charge in [0.15, 0.2) is 17.3 Å². The second-order valence-electron chi connectivity index (χ2n) is 3.83. The Morgan fingerprint density at radius 3 is 1.86 bits per heavy atom. The maximum atomic E-state index is 13.6. The maximum Gasteiger partial charge on any atom is 0.205 e. The third kappa shape index (κ3) is 3.10. The summed E-state index contributed by atoms with van der Waals surface area (Å²) in [6.45, 7) is 0. The molecule has 2 aromatic rings. The zero-order valence-electron chi connectivity index (χ0n) is 9.96. The number of benzene rings is 2. The summed E-state index contributed by atoms with van der Waals surface area (Å²) in [5, 5.41) is 18.1. The molecule has 0 aliphatic rings. The number of quaternary nitrogens is 1. The van der Waals surface area contributed by atoms with Gasteiger partial charge < -0.3 is 9.94 Å². The van der Waals surface area contributed by atoms with Crippen molar-refractivity contribution in [3.05, 3.63) is 56.3 Å². The van der Waals surface area contributed by atoms with Gasteiger partial charge in [0.2, 0.25) is 17.4 Å². The van der Waals surface area contributed by atoms with Crippen LogP contribution in [0.15, 0.2) is 24.3 Å². The molecule has 0 aliphatic heterocycles. The lowest BCUT2D eigenvalue weighted by Crippen LogP contribution is -2.99. The fourth-order valence-electron chi connectivity index (χ4n) is 1.46. The Morgan fingerprint density at radius 1 is 0.952 bits per heavy atom. The second-order valence-corrected chi connectivity index (χ2v) is 4.91. The average Bonchev–Trinajstić information content (AvgIpc) is 2.48. The van der Waals surface area contributed by atoms with Crippen molar-refractivity contribution in [2.24, 2.45) is 0 Å². The molecule has 0 radical (unpaired) electrons. The van der Waals surface area contributed by atoms with Gasteiger partial charge in [-0.25, -0.2) is 14.0 Å². The number of ether oxygens (including phenoxy) is 1. The Kier molecular flexibility index (Phi) is 4.66. The standard InChI is InChI=1S/C12H6F4INO3/c13-7-9(15)12(10(16)8(14)11(7)17)21-6-3-1-5(2-4-6)18(19)20/h1-4,18-19H. The highest BCUT2D eigenvalue weighted by molar-refractivity contribution is 14.1. The lowest BCUT2D eigenvalue weighted by Gasteiger charge is -2.13. The van der Waals surface area contributed by atoms with Gasteiger partial charge in [-0.3, -0.25) is 0 Å². The summed E-state index contributed by atoms with van der Waals surface area (Å²) in [5.41, 5.74) is -0.0803. The first-order valence-corrected chi connectivity index (χ1v) is 6.43. The molecule has 0 fully saturated rings. The molecule has 0 spiro atoms. The van der Waals surface area contributed by atoms with Crippen LogP contribution in [-0.4, -0.2) is 5.21 Å². The van der Waals surface area contributed by atoms with Gasteiger partial charge in [-0.2, -0.15) is 14.0 Å². The summed E-state index contributed by atoms with van der Waals surface area (Å²) in [7, 11) is 0. The third-order valence-corrected chi connectivity index (χ3v) is 3.44. The Bertz CT molecular complexity index is 650. The molecule has 0 heterocycles. The number of halogens is 5. The van der Waals surface area contributed by atoms with E-state index in [4.69, 9.17) is 9.94 Å². The number of hydrogen-bond acceptors (Lipinski definition) is 3. The molecule has 112 valence electrons. The van der Waals surface area contributed by atoms with Gasteiger partial charge in [0.05, 0.1) is 3.57 Å². The van der Waals surface area contributed by atoms with E-state index in [9.17, 15) is 22.8 Å². The van der Waals surface area contributed by atoms with Crippen molar-refractivity contribution in [3.63, 3.8) is 0 Å². The molecule has 2 aromatic carbocycles. The zero-order valence-corrected chi connectivity index (χ0v) is 12.1. The van der Waals surface area contributed by atoms with E-state index in [1.807, 2.05) is 0 Å². The normalized spacial score (nSPS) is 12.3. The van der Waals surface area contributed by atoms with Crippen LogP contribution >= 0.6 is 22.6 Å². The lowest BCUT2D eigenvalue weighted by atomic mass is 10.2. The SMILES string of the molecule is [O-][NH+](O)c1ccc(Oc2c(F)c(F)c(I)c(F)c2F)cc1. The largest absolute Gasteiger partial charge is 0.595 e. The molecule has 0 bridgehead atoms. The number of rotatable bonds is 3. The summed E-state index contributed by atoms with van der Waals surface area (Å²) in [4.78, 5) is 0. The third-order valence-electron chi connectivity index (χ3n) is 2.49. The molecule has 0 saturated heterocycles. The van der Waals surface area contributed by atoms with Crippen LogP contribution in [0.5, 0.6) is 11.5 Å². The van der Waals surface area contributed by atoms with Crippen LogP contribution in [0.3, 0.4) is 0 Å². The summed E-state index contributed by atoms with van der Waals surface area (Å²) >= 11 is 1.13.